The zero-order valence-electron chi connectivity index (χ0n) is 11.4. The highest BCUT2D eigenvalue weighted by molar-refractivity contribution is 8.26. The second-order valence-electron chi connectivity index (χ2n) is 4.60. The van der Waals surface area contributed by atoms with E-state index in [0.717, 1.165) is 0 Å². The fourth-order valence-electron chi connectivity index (χ4n) is 2.12. The van der Waals surface area contributed by atoms with E-state index in [1.807, 2.05) is 0 Å². The van der Waals surface area contributed by atoms with Crippen molar-refractivity contribution in [1.82, 2.24) is 4.90 Å². The predicted molar refractivity (Wildman–Crippen MR) is 92.6 cm³/mol. The first-order valence-electron chi connectivity index (χ1n) is 6.48. The van der Waals surface area contributed by atoms with Gasteiger partial charge in [-0.2, -0.15) is 0 Å². The molecule has 1 aromatic heterocycles. The quantitative estimate of drug-likeness (QED) is 0.492. The molecule has 1 aliphatic heterocycles. The number of thioether (sulfide) groups is 1. The van der Waals surface area contributed by atoms with Crippen molar-refractivity contribution in [3.05, 3.63) is 63.9 Å². The Balaban J connectivity index is 2.04. The first-order chi connectivity index (χ1) is 10.6. The van der Waals surface area contributed by atoms with Gasteiger partial charge in [0, 0.05) is 6.54 Å². The molecule has 1 fully saturated rings. The van der Waals surface area contributed by atoms with Crippen LogP contribution in [0, 0.1) is 0 Å². The lowest BCUT2D eigenvalue weighted by Gasteiger charge is -2.10. The highest BCUT2D eigenvalue weighted by Gasteiger charge is 2.31. The number of carbonyl (C=O) groups is 1. The monoisotopic (exact) mass is 329 g/mol. The predicted octanol–water partition coefficient (Wildman–Crippen LogP) is 3.18. The van der Waals surface area contributed by atoms with Gasteiger partial charge in [0.05, 0.1) is 15.9 Å². The fraction of sp³-hybridized carbons (Fsp3) is 0.0625. The van der Waals surface area contributed by atoms with Gasteiger partial charge in [-0.3, -0.25) is 14.5 Å². The van der Waals surface area contributed by atoms with Gasteiger partial charge in [-0.25, -0.2) is 0 Å². The van der Waals surface area contributed by atoms with Crippen molar-refractivity contribution in [2.45, 2.75) is 0 Å². The lowest BCUT2D eigenvalue weighted by atomic mass is 10.1. The van der Waals surface area contributed by atoms with E-state index in [2.05, 4.69) is 6.58 Å². The van der Waals surface area contributed by atoms with Crippen molar-refractivity contribution in [2.75, 3.05) is 6.54 Å². The Morgan fingerprint density at radius 2 is 2.09 bits per heavy atom. The summed E-state index contributed by atoms with van der Waals surface area (Å²) in [4.78, 5) is 26.5. The maximum atomic E-state index is 12.4. The second kappa shape index (κ2) is 5.90. The Bertz CT molecular complexity index is 882. The summed E-state index contributed by atoms with van der Waals surface area (Å²) < 4.78 is 5.90. The van der Waals surface area contributed by atoms with E-state index in [1.54, 1.807) is 30.3 Å². The normalized spacial score (nSPS) is 16.7. The average molecular weight is 329 g/mol. The van der Waals surface area contributed by atoms with Crippen molar-refractivity contribution < 1.29 is 9.21 Å². The van der Waals surface area contributed by atoms with E-state index in [-0.39, 0.29) is 11.3 Å². The van der Waals surface area contributed by atoms with Crippen LogP contribution in [0.4, 0.5) is 0 Å². The summed E-state index contributed by atoms with van der Waals surface area (Å²) in [5.74, 6) is -0.220. The molecule has 0 N–H and O–H groups in total. The van der Waals surface area contributed by atoms with Crippen molar-refractivity contribution in [1.29, 1.82) is 0 Å². The summed E-state index contributed by atoms with van der Waals surface area (Å²) in [6.45, 7) is 3.96. The summed E-state index contributed by atoms with van der Waals surface area (Å²) in [5, 5.41) is 0.484. The molecule has 1 aliphatic rings. The number of hydrogen-bond donors (Lipinski definition) is 0. The number of nitrogens with zero attached hydrogens (tertiary/aromatic N) is 1. The van der Waals surface area contributed by atoms with E-state index in [9.17, 15) is 9.59 Å². The fourth-order valence-corrected chi connectivity index (χ4v) is 3.39. The third kappa shape index (κ3) is 2.51. The lowest BCUT2D eigenvalue weighted by molar-refractivity contribution is -0.121. The third-order valence-corrected chi connectivity index (χ3v) is 4.56. The number of fused-ring (bicyclic) bond motifs is 1. The van der Waals surface area contributed by atoms with E-state index >= 15 is 0 Å². The van der Waals surface area contributed by atoms with Gasteiger partial charge in [-0.05, 0) is 18.2 Å². The molecule has 110 valence electrons. The molecule has 1 aromatic carbocycles. The van der Waals surface area contributed by atoms with Gasteiger partial charge in [0.2, 0.25) is 0 Å². The number of rotatable bonds is 3. The number of benzene rings is 1. The van der Waals surface area contributed by atoms with Gasteiger partial charge in [-0.1, -0.05) is 42.2 Å². The minimum atomic E-state index is -0.220. The maximum Gasteiger partial charge on any atom is 0.266 e. The van der Waals surface area contributed by atoms with Crippen LogP contribution in [0.1, 0.15) is 5.56 Å². The van der Waals surface area contributed by atoms with Gasteiger partial charge >= 0.3 is 0 Å². The Hall–Kier alpha value is -2.18. The molecule has 0 spiro atoms. The summed E-state index contributed by atoms with van der Waals surface area (Å²) in [7, 11) is 0. The van der Waals surface area contributed by atoms with Crippen molar-refractivity contribution in [3.63, 3.8) is 0 Å². The minimum absolute atomic E-state index is 0.171. The van der Waals surface area contributed by atoms with Crippen LogP contribution in [0.15, 0.2) is 57.3 Å². The molecule has 6 heteroatoms. The van der Waals surface area contributed by atoms with Crippen LogP contribution in [0.2, 0.25) is 0 Å². The van der Waals surface area contributed by atoms with Crippen LogP contribution in [0.25, 0.3) is 17.0 Å². The second-order valence-corrected chi connectivity index (χ2v) is 6.27. The van der Waals surface area contributed by atoms with Crippen LogP contribution >= 0.6 is 24.0 Å². The molecule has 0 atom stereocenters. The Morgan fingerprint density at radius 1 is 1.32 bits per heavy atom. The molecule has 0 unspecified atom stereocenters. The SMILES string of the molecule is C=CCN1C(=O)C(=Cc2coc3ccccc3c2=O)SC1=S. The molecule has 1 saturated heterocycles. The molecule has 2 aromatic rings. The molecule has 3 rings (SSSR count). The van der Waals surface area contributed by atoms with Gasteiger partial charge in [0.25, 0.3) is 5.91 Å². The van der Waals surface area contributed by atoms with Crippen LogP contribution in [0.5, 0.6) is 0 Å². The lowest BCUT2D eigenvalue weighted by Crippen LogP contribution is -2.27. The largest absolute Gasteiger partial charge is 0.463 e. The van der Waals surface area contributed by atoms with Crippen LogP contribution < -0.4 is 5.43 Å². The van der Waals surface area contributed by atoms with Crippen molar-refractivity contribution in [2.24, 2.45) is 0 Å². The third-order valence-electron chi connectivity index (χ3n) is 3.18. The number of thiocarbonyl (C=S) groups is 1. The smallest absolute Gasteiger partial charge is 0.266 e. The summed E-state index contributed by atoms with van der Waals surface area (Å²) in [6, 6.07) is 6.99. The Kier molecular flexibility index (Phi) is 3.96. The number of para-hydroxylation sites is 1. The number of carbonyl (C=O) groups excluding carboxylic acids is 1. The Morgan fingerprint density at radius 3 is 2.86 bits per heavy atom. The van der Waals surface area contributed by atoms with Crippen LogP contribution in [0.3, 0.4) is 0 Å². The number of amides is 1. The van der Waals surface area contributed by atoms with Gasteiger partial charge in [0.1, 0.15) is 16.2 Å². The molecule has 0 bridgehead atoms. The van der Waals surface area contributed by atoms with E-state index in [1.165, 1.54) is 29.0 Å². The first-order valence-corrected chi connectivity index (χ1v) is 7.71. The van der Waals surface area contributed by atoms with Crippen molar-refractivity contribution in [3.8, 4) is 0 Å². The topological polar surface area (TPSA) is 50.5 Å². The zero-order chi connectivity index (χ0) is 15.7. The van der Waals surface area contributed by atoms with Gasteiger partial charge in [0.15, 0.2) is 5.43 Å². The standard InChI is InChI=1S/C16H11NO3S2/c1-2-7-17-15(19)13(22-16(17)21)8-10-9-20-12-6-4-3-5-11(12)14(10)18/h2-6,8-9H,1,7H2. The molecule has 1 amide bonds. The van der Waals surface area contributed by atoms with E-state index in [4.69, 9.17) is 16.6 Å². The maximum absolute atomic E-state index is 12.4. The summed E-state index contributed by atoms with van der Waals surface area (Å²) in [6.07, 6.45) is 4.50. The molecular weight excluding hydrogens is 318 g/mol. The van der Waals surface area contributed by atoms with Crippen LogP contribution in [-0.2, 0) is 4.79 Å². The summed E-state index contributed by atoms with van der Waals surface area (Å²) in [5.41, 5.74) is 0.678. The van der Waals surface area contributed by atoms with Gasteiger partial charge in [-0.15, -0.1) is 6.58 Å². The Labute approximate surface area is 136 Å². The minimum Gasteiger partial charge on any atom is -0.463 e. The molecule has 0 aliphatic carbocycles. The summed E-state index contributed by atoms with van der Waals surface area (Å²) >= 11 is 6.34. The van der Waals surface area contributed by atoms with Gasteiger partial charge < -0.3 is 4.42 Å². The van der Waals surface area contributed by atoms with Crippen molar-refractivity contribution >= 4 is 51.3 Å². The molecule has 4 nitrogen and oxygen atoms in total. The molecule has 0 radical (unpaired) electrons. The average Bonchev–Trinajstić information content (AvgIpc) is 2.78. The molecule has 0 saturated carbocycles. The van der Waals surface area contributed by atoms with E-state index in [0.29, 0.717) is 32.3 Å². The first kappa shape index (κ1) is 14.7. The highest BCUT2D eigenvalue weighted by atomic mass is 32.2. The van der Waals surface area contributed by atoms with E-state index < -0.39 is 0 Å². The number of hydrogen-bond acceptors (Lipinski definition) is 5. The molecule has 2 heterocycles. The zero-order valence-corrected chi connectivity index (χ0v) is 13.1. The molecule has 22 heavy (non-hydrogen) atoms. The molecular formula is C16H11NO3S2. The highest BCUT2D eigenvalue weighted by Crippen LogP contribution is 2.32. The van der Waals surface area contributed by atoms with Crippen LogP contribution in [-0.4, -0.2) is 21.7 Å².